The largest absolute Gasteiger partial charge is 0.493 e. The Hall–Kier alpha value is -3.13. The van der Waals surface area contributed by atoms with Crippen LogP contribution in [0.1, 0.15) is 19.4 Å². The third-order valence-electron chi connectivity index (χ3n) is 3.61. The zero-order chi connectivity index (χ0) is 21.2. The number of ether oxygens (including phenoxy) is 2. The van der Waals surface area contributed by atoms with Crippen molar-refractivity contribution in [2.24, 2.45) is 5.92 Å². The van der Waals surface area contributed by atoms with Crippen molar-refractivity contribution in [3.63, 3.8) is 0 Å². The molecule has 0 saturated heterocycles. The summed E-state index contributed by atoms with van der Waals surface area (Å²) in [6.07, 6.45) is 2.96. The Balaban J connectivity index is 1.88. The molecule has 29 heavy (non-hydrogen) atoms. The molecule has 0 aliphatic heterocycles. The second-order valence-corrected chi connectivity index (χ2v) is 6.90. The summed E-state index contributed by atoms with van der Waals surface area (Å²) in [5.74, 6) is 0.754. The Bertz CT molecular complexity index is 887. The quantitative estimate of drug-likeness (QED) is 0.361. The number of methoxy groups -OCH3 is 1. The molecule has 0 aliphatic rings. The number of anilines is 1. The van der Waals surface area contributed by atoms with Crippen LogP contribution in [0.4, 0.5) is 10.1 Å². The van der Waals surface area contributed by atoms with Gasteiger partial charge in [0.15, 0.2) is 16.6 Å². The molecule has 8 heteroatoms. The van der Waals surface area contributed by atoms with E-state index in [2.05, 4.69) is 30.0 Å². The molecule has 0 fully saturated rings. The van der Waals surface area contributed by atoms with E-state index in [1.54, 1.807) is 37.5 Å². The highest BCUT2D eigenvalue weighted by atomic mass is 32.1. The van der Waals surface area contributed by atoms with Gasteiger partial charge < -0.3 is 14.8 Å². The van der Waals surface area contributed by atoms with Crippen LogP contribution in [0.25, 0.3) is 6.08 Å². The normalized spacial score (nSPS) is 10.7. The molecule has 0 bridgehead atoms. The molecule has 3 N–H and O–H groups in total. The average molecular weight is 418 g/mol. The maximum Gasteiger partial charge on any atom is 0.262 e. The van der Waals surface area contributed by atoms with Crippen molar-refractivity contribution in [2.45, 2.75) is 13.8 Å². The van der Waals surface area contributed by atoms with E-state index in [-0.39, 0.29) is 10.8 Å². The van der Waals surface area contributed by atoms with Gasteiger partial charge in [-0.2, -0.15) is 0 Å². The SMILES string of the molecule is COc1cc(/C=C/C(=O)NNC(=S)Nc2ccccc2F)ccc1OCC(C)C. The highest BCUT2D eigenvalue weighted by Crippen LogP contribution is 2.28. The maximum atomic E-state index is 13.6. The van der Waals surface area contributed by atoms with Crippen LogP contribution >= 0.6 is 12.2 Å². The molecule has 0 unspecified atom stereocenters. The van der Waals surface area contributed by atoms with Gasteiger partial charge in [-0.3, -0.25) is 15.6 Å². The predicted molar refractivity (Wildman–Crippen MR) is 116 cm³/mol. The number of carbonyl (C=O) groups excluding carboxylic acids is 1. The van der Waals surface area contributed by atoms with Crippen LogP contribution in [0, 0.1) is 11.7 Å². The second-order valence-electron chi connectivity index (χ2n) is 6.50. The van der Waals surface area contributed by atoms with E-state index in [1.165, 1.54) is 18.2 Å². The molecule has 0 radical (unpaired) electrons. The lowest BCUT2D eigenvalue weighted by Crippen LogP contribution is -2.43. The van der Waals surface area contributed by atoms with Crippen molar-refractivity contribution in [3.05, 3.63) is 59.9 Å². The van der Waals surface area contributed by atoms with Gasteiger partial charge in [0.05, 0.1) is 19.4 Å². The van der Waals surface area contributed by atoms with E-state index in [0.717, 1.165) is 5.56 Å². The molecule has 0 aliphatic carbocycles. The lowest BCUT2D eigenvalue weighted by atomic mass is 10.2. The molecule has 0 saturated carbocycles. The fraction of sp³-hybridized carbons (Fsp3) is 0.238. The van der Waals surface area contributed by atoms with Gasteiger partial charge in [-0.1, -0.05) is 32.0 Å². The Labute approximate surface area is 175 Å². The van der Waals surface area contributed by atoms with Gasteiger partial charge in [0.25, 0.3) is 5.91 Å². The number of nitrogens with one attached hydrogen (secondary N) is 3. The van der Waals surface area contributed by atoms with Gasteiger partial charge in [0.1, 0.15) is 5.82 Å². The van der Waals surface area contributed by atoms with E-state index in [9.17, 15) is 9.18 Å². The Morgan fingerprint density at radius 1 is 1.17 bits per heavy atom. The van der Waals surface area contributed by atoms with E-state index >= 15 is 0 Å². The van der Waals surface area contributed by atoms with Crippen molar-refractivity contribution in [1.82, 2.24) is 10.9 Å². The lowest BCUT2D eigenvalue weighted by Gasteiger charge is -2.13. The lowest BCUT2D eigenvalue weighted by molar-refractivity contribution is -0.116. The standard InChI is InChI=1S/C21H24FN3O3S/c1-14(2)13-28-18-10-8-15(12-19(18)27-3)9-11-20(26)24-25-21(29)23-17-7-5-4-6-16(17)22/h4-12,14H,13H2,1-3H3,(H,24,26)(H2,23,25,29)/b11-9+. The Kier molecular flexibility index (Phi) is 8.42. The highest BCUT2D eigenvalue weighted by molar-refractivity contribution is 7.80. The van der Waals surface area contributed by atoms with Gasteiger partial charge >= 0.3 is 0 Å². The molecular formula is C21H24FN3O3S. The minimum absolute atomic E-state index is 0.0603. The van der Waals surface area contributed by atoms with Crippen molar-refractivity contribution in [3.8, 4) is 11.5 Å². The smallest absolute Gasteiger partial charge is 0.262 e. The minimum atomic E-state index is -0.447. The summed E-state index contributed by atoms with van der Waals surface area (Å²) in [6, 6.07) is 11.5. The van der Waals surface area contributed by atoms with Crippen LogP contribution in [0.5, 0.6) is 11.5 Å². The summed E-state index contributed by atoms with van der Waals surface area (Å²) in [4.78, 5) is 12.0. The van der Waals surface area contributed by atoms with Crippen LogP contribution in [0.15, 0.2) is 48.5 Å². The summed E-state index contributed by atoms with van der Waals surface area (Å²) >= 11 is 5.02. The Morgan fingerprint density at radius 2 is 1.93 bits per heavy atom. The molecule has 1 amide bonds. The summed E-state index contributed by atoms with van der Waals surface area (Å²) in [6.45, 7) is 4.71. The fourth-order valence-electron chi connectivity index (χ4n) is 2.21. The Morgan fingerprint density at radius 3 is 2.62 bits per heavy atom. The molecule has 0 spiro atoms. The minimum Gasteiger partial charge on any atom is -0.493 e. The predicted octanol–water partition coefficient (Wildman–Crippen LogP) is 3.90. The third-order valence-corrected chi connectivity index (χ3v) is 3.81. The molecule has 2 aromatic rings. The van der Waals surface area contributed by atoms with Crippen LogP contribution in [0.2, 0.25) is 0 Å². The van der Waals surface area contributed by atoms with E-state index < -0.39 is 11.7 Å². The summed E-state index contributed by atoms with van der Waals surface area (Å²) in [7, 11) is 1.56. The van der Waals surface area contributed by atoms with Gasteiger partial charge in [0, 0.05) is 6.08 Å². The number of hydrogen-bond acceptors (Lipinski definition) is 4. The number of amides is 1. The summed E-state index contributed by atoms with van der Waals surface area (Å²) in [5.41, 5.74) is 5.89. The number of para-hydroxylation sites is 1. The van der Waals surface area contributed by atoms with Gasteiger partial charge in [-0.15, -0.1) is 0 Å². The van der Waals surface area contributed by atoms with E-state index in [4.69, 9.17) is 21.7 Å². The molecular weight excluding hydrogens is 393 g/mol. The third kappa shape index (κ3) is 7.42. The molecule has 2 aromatic carbocycles. The zero-order valence-electron chi connectivity index (χ0n) is 16.5. The number of benzene rings is 2. The molecule has 0 atom stereocenters. The molecule has 6 nitrogen and oxygen atoms in total. The average Bonchev–Trinajstić information content (AvgIpc) is 2.71. The van der Waals surface area contributed by atoms with Crippen LogP contribution in [-0.4, -0.2) is 24.7 Å². The molecule has 0 heterocycles. The van der Waals surface area contributed by atoms with E-state index in [1.807, 2.05) is 6.07 Å². The van der Waals surface area contributed by atoms with Crippen LogP contribution < -0.4 is 25.6 Å². The number of halogens is 1. The van der Waals surface area contributed by atoms with Crippen LogP contribution in [0.3, 0.4) is 0 Å². The maximum absolute atomic E-state index is 13.6. The first-order valence-electron chi connectivity index (χ1n) is 8.99. The van der Waals surface area contributed by atoms with Crippen molar-refractivity contribution >= 4 is 35.0 Å². The molecule has 154 valence electrons. The first-order chi connectivity index (χ1) is 13.9. The van der Waals surface area contributed by atoms with Gasteiger partial charge in [-0.05, 0) is 54.0 Å². The summed E-state index contributed by atoms with van der Waals surface area (Å²) in [5, 5.41) is 2.72. The summed E-state index contributed by atoms with van der Waals surface area (Å²) < 4.78 is 24.6. The van der Waals surface area contributed by atoms with Crippen LogP contribution in [-0.2, 0) is 4.79 Å². The fourth-order valence-corrected chi connectivity index (χ4v) is 2.37. The highest BCUT2D eigenvalue weighted by Gasteiger charge is 2.07. The van der Waals surface area contributed by atoms with Crippen molar-refractivity contribution in [2.75, 3.05) is 19.0 Å². The second kappa shape index (κ2) is 11.0. The topological polar surface area (TPSA) is 71.6 Å². The number of carbonyl (C=O) groups is 1. The first-order valence-corrected chi connectivity index (χ1v) is 9.40. The van der Waals surface area contributed by atoms with E-state index in [0.29, 0.717) is 24.0 Å². The van der Waals surface area contributed by atoms with Gasteiger partial charge in [-0.25, -0.2) is 4.39 Å². The van der Waals surface area contributed by atoms with Gasteiger partial charge in [0.2, 0.25) is 0 Å². The number of hydrazine groups is 1. The van der Waals surface area contributed by atoms with Crippen molar-refractivity contribution in [1.29, 1.82) is 0 Å². The molecule has 2 rings (SSSR count). The molecule has 0 aromatic heterocycles. The monoisotopic (exact) mass is 417 g/mol. The van der Waals surface area contributed by atoms with Crippen molar-refractivity contribution < 1.29 is 18.7 Å². The number of thiocarbonyl (C=S) groups is 1. The zero-order valence-corrected chi connectivity index (χ0v) is 17.3. The number of hydrogen-bond donors (Lipinski definition) is 3. The number of rotatable bonds is 7. The first kappa shape index (κ1) is 22.2.